The standard InChI is InChI=1S/C15H22N4O3S/c1-12-9-19(10-13(2)22-12)23(20,21)16-7-6-14-11-18-8-4-3-5-15(18)17-14/h3-5,8,11-13,16H,6-7,9-10H2,1-2H3. The summed E-state index contributed by atoms with van der Waals surface area (Å²) in [4.78, 5) is 4.46. The molecule has 23 heavy (non-hydrogen) atoms. The maximum absolute atomic E-state index is 12.4. The van der Waals surface area contributed by atoms with Crippen LogP contribution >= 0.6 is 0 Å². The number of nitrogens with one attached hydrogen (secondary N) is 1. The zero-order valence-corrected chi connectivity index (χ0v) is 14.2. The molecule has 3 heterocycles. The van der Waals surface area contributed by atoms with Gasteiger partial charge in [-0.25, -0.2) is 9.71 Å². The monoisotopic (exact) mass is 338 g/mol. The van der Waals surface area contributed by atoms with Crippen LogP contribution in [0.15, 0.2) is 30.6 Å². The van der Waals surface area contributed by atoms with Gasteiger partial charge in [-0.1, -0.05) is 6.07 Å². The second-order valence-corrected chi connectivity index (χ2v) is 7.68. The van der Waals surface area contributed by atoms with Gasteiger partial charge < -0.3 is 9.14 Å². The molecule has 0 bridgehead atoms. The summed E-state index contributed by atoms with van der Waals surface area (Å²) in [6.45, 7) is 4.86. The Morgan fingerprint density at radius 3 is 2.74 bits per heavy atom. The van der Waals surface area contributed by atoms with Gasteiger partial charge in [-0.3, -0.25) is 0 Å². The SMILES string of the molecule is CC1CN(S(=O)(=O)NCCc2cn3ccccc3n2)CC(C)O1. The summed E-state index contributed by atoms with van der Waals surface area (Å²) in [5, 5.41) is 0. The van der Waals surface area contributed by atoms with Gasteiger partial charge in [0.15, 0.2) is 0 Å². The van der Waals surface area contributed by atoms with Gasteiger partial charge in [0.2, 0.25) is 0 Å². The van der Waals surface area contributed by atoms with Gasteiger partial charge >= 0.3 is 0 Å². The van der Waals surface area contributed by atoms with Gasteiger partial charge in [0.25, 0.3) is 10.2 Å². The van der Waals surface area contributed by atoms with Crippen molar-refractivity contribution < 1.29 is 13.2 Å². The molecule has 2 unspecified atom stereocenters. The van der Waals surface area contributed by atoms with E-state index < -0.39 is 10.2 Å². The van der Waals surface area contributed by atoms with Gasteiger partial charge in [-0.15, -0.1) is 0 Å². The lowest BCUT2D eigenvalue weighted by Crippen LogP contribution is -2.52. The van der Waals surface area contributed by atoms with E-state index in [0.29, 0.717) is 26.1 Å². The minimum absolute atomic E-state index is 0.0891. The molecule has 1 aliphatic rings. The molecule has 1 aliphatic heterocycles. The van der Waals surface area contributed by atoms with E-state index in [1.807, 2.05) is 48.8 Å². The maximum Gasteiger partial charge on any atom is 0.279 e. The van der Waals surface area contributed by atoms with Crippen molar-refractivity contribution in [3.8, 4) is 0 Å². The van der Waals surface area contributed by atoms with Crippen LogP contribution in [0.5, 0.6) is 0 Å². The van der Waals surface area contributed by atoms with Crippen molar-refractivity contribution in [2.45, 2.75) is 32.5 Å². The molecule has 0 amide bonds. The van der Waals surface area contributed by atoms with Crippen LogP contribution in [0.25, 0.3) is 5.65 Å². The Kier molecular flexibility index (Phi) is 4.67. The average molecular weight is 338 g/mol. The number of pyridine rings is 1. The van der Waals surface area contributed by atoms with Gasteiger partial charge in [-0.05, 0) is 26.0 Å². The normalized spacial score (nSPS) is 23.4. The fourth-order valence-electron chi connectivity index (χ4n) is 2.83. The number of imidazole rings is 1. The fourth-order valence-corrected chi connectivity index (χ4v) is 4.19. The first-order valence-electron chi connectivity index (χ1n) is 7.77. The van der Waals surface area contributed by atoms with E-state index in [2.05, 4.69) is 9.71 Å². The summed E-state index contributed by atoms with van der Waals surface area (Å²) < 4.78 is 36.4. The Labute approximate surface area is 136 Å². The second kappa shape index (κ2) is 6.56. The van der Waals surface area contributed by atoms with Crippen LogP contribution in [-0.2, 0) is 21.4 Å². The molecule has 0 saturated carbocycles. The van der Waals surface area contributed by atoms with Crippen molar-refractivity contribution in [2.24, 2.45) is 0 Å². The van der Waals surface area contributed by atoms with E-state index in [1.54, 1.807) is 0 Å². The lowest BCUT2D eigenvalue weighted by Gasteiger charge is -2.34. The highest BCUT2D eigenvalue weighted by Crippen LogP contribution is 2.13. The molecule has 1 saturated heterocycles. The molecule has 1 N–H and O–H groups in total. The summed E-state index contributed by atoms with van der Waals surface area (Å²) in [5.74, 6) is 0. The third kappa shape index (κ3) is 3.89. The fraction of sp³-hybridized carbons (Fsp3) is 0.533. The molecule has 7 nitrogen and oxygen atoms in total. The largest absolute Gasteiger partial charge is 0.373 e. The van der Waals surface area contributed by atoms with E-state index in [1.165, 1.54) is 4.31 Å². The minimum Gasteiger partial charge on any atom is -0.373 e. The smallest absolute Gasteiger partial charge is 0.279 e. The number of hydrogen-bond acceptors (Lipinski definition) is 4. The third-order valence-electron chi connectivity index (χ3n) is 3.81. The molecule has 126 valence electrons. The van der Waals surface area contributed by atoms with Crippen molar-refractivity contribution >= 4 is 15.9 Å². The Hall–Kier alpha value is -1.48. The molecule has 2 aromatic heterocycles. The number of ether oxygens (including phenoxy) is 1. The quantitative estimate of drug-likeness (QED) is 0.876. The van der Waals surface area contributed by atoms with Crippen LogP contribution in [0.1, 0.15) is 19.5 Å². The number of rotatable bonds is 5. The van der Waals surface area contributed by atoms with E-state index >= 15 is 0 Å². The van der Waals surface area contributed by atoms with Crippen LogP contribution < -0.4 is 4.72 Å². The summed E-state index contributed by atoms with van der Waals surface area (Å²) in [7, 11) is -3.48. The average Bonchev–Trinajstić information content (AvgIpc) is 2.88. The van der Waals surface area contributed by atoms with E-state index in [0.717, 1.165) is 11.3 Å². The van der Waals surface area contributed by atoms with Crippen molar-refractivity contribution in [3.63, 3.8) is 0 Å². The van der Waals surface area contributed by atoms with Gasteiger partial charge in [0.1, 0.15) is 5.65 Å². The lowest BCUT2D eigenvalue weighted by molar-refractivity contribution is -0.0443. The Bertz CT molecular complexity index is 731. The molecule has 0 radical (unpaired) electrons. The van der Waals surface area contributed by atoms with Crippen molar-refractivity contribution in [2.75, 3.05) is 19.6 Å². The summed E-state index contributed by atoms with van der Waals surface area (Å²) in [6, 6.07) is 5.78. The second-order valence-electron chi connectivity index (χ2n) is 5.92. The van der Waals surface area contributed by atoms with Crippen molar-refractivity contribution in [1.29, 1.82) is 0 Å². The molecule has 2 atom stereocenters. The minimum atomic E-state index is -3.48. The zero-order chi connectivity index (χ0) is 16.4. The highest BCUT2D eigenvalue weighted by atomic mass is 32.2. The number of nitrogens with zero attached hydrogens (tertiary/aromatic N) is 3. The predicted molar refractivity (Wildman–Crippen MR) is 87.4 cm³/mol. The predicted octanol–water partition coefficient (Wildman–Crippen LogP) is 0.820. The van der Waals surface area contributed by atoms with Crippen LogP contribution in [0.3, 0.4) is 0 Å². The molecule has 8 heteroatoms. The number of hydrogen-bond donors (Lipinski definition) is 1. The highest BCUT2D eigenvalue weighted by Gasteiger charge is 2.30. The highest BCUT2D eigenvalue weighted by molar-refractivity contribution is 7.87. The van der Waals surface area contributed by atoms with Crippen molar-refractivity contribution in [3.05, 3.63) is 36.3 Å². The van der Waals surface area contributed by atoms with Crippen LogP contribution in [0.4, 0.5) is 0 Å². The molecular weight excluding hydrogens is 316 g/mol. The third-order valence-corrected chi connectivity index (χ3v) is 5.35. The Morgan fingerprint density at radius 2 is 2.04 bits per heavy atom. The number of fused-ring (bicyclic) bond motifs is 1. The van der Waals surface area contributed by atoms with Gasteiger partial charge in [-0.2, -0.15) is 12.7 Å². The van der Waals surface area contributed by atoms with Gasteiger partial charge in [0, 0.05) is 38.4 Å². The molecule has 0 aromatic carbocycles. The maximum atomic E-state index is 12.4. The Morgan fingerprint density at radius 1 is 1.30 bits per heavy atom. The van der Waals surface area contributed by atoms with E-state index in [4.69, 9.17) is 4.74 Å². The summed E-state index contributed by atoms with van der Waals surface area (Å²) >= 11 is 0. The molecule has 0 aliphatic carbocycles. The first-order valence-corrected chi connectivity index (χ1v) is 9.21. The molecule has 2 aromatic rings. The first kappa shape index (κ1) is 16.4. The first-order chi connectivity index (χ1) is 10.9. The molecule has 1 fully saturated rings. The van der Waals surface area contributed by atoms with E-state index in [-0.39, 0.29) is 12.2 Å². The number of morpholine rings is 1. The number of aromatic nitrogens is 2. The summed E-state index contributed by atoms with van der Waals surface area (Å²) in [6.07, 6.45) is 4.22. The summed E-state index contributed by atoms with van der Waals surface area (Å²) in [5.41, 5.74) is 1.73. The van der Waals surface area contributed by atoms with Crippen LogP contribution in [0.2, 0.25) is 0 Å². The van der Waals surface area contributed by atoms with Crippen LogP contribution in [-0.4, -0.2) is 53.9 Å². The van der Waals surface area contributed by atoms with Crippen LogP contribution in [0, 0.1) is 0 Å². The van der Waals surface area contributed by atoms with Crippen molar-refractivity contribution in [1.82, 2.24) is 18.4 Å². The topological polar surface area (TPSA) is 75.9 Å². The Balaban J connectivity index is 1.58. The molecule has 0 spiro atoms. The molecule has 3 rings (SSSR count). The molecular formula is C15H22N4O3S. The zero-order valence-electron chi connectivity index (χ0n) is 13.3. The van der Waals surface area contributed by atoms with Gasteiger partial charge in [0.05, 0.1) is 17.9 Å². The lowest BCUT2D eigenvalue weighted by atomic mass is 10.3. The van der Waals surface area contributed by atoms with E-state index in [9.17, 15) is 8.42 Å².